The molecule has 1 aromatic heterocycles. The van der Waals surface area contributed by atoms with E-state index >= 15 is 0 Å². The van der Waals surface area contributed by atoms with Crippen LogP contribution in [0.1, 0.15) is 25.9 Å². The Kier molecular flexibility index (Phi) is 3.81. The first-order valence-electron chi connectivity index (χ1n) is 5.69. The Bertz CT molecular complexity index is 481. The van der Waals surface area contributed by atoms with Crippen molar-refractivity contribution in [1.82, 2.24) is 14.8 Å². The maximum absolute atomic E-state index is 6.12. The zero-order valence-electron chi connectivity index (χ0n) is 9.74. The lowest BCUT2D eigenvalue weighted by atomic mass is 10.2. The predicted octanol–water partition coefficient (Wildman–Crippen LogP) is 2.49. The van der Waals surface area contributed by atoms with E-state index in [1.807, 2.05) is 34.9 Å². The molecule has 0 fully saturated rings. The molecule has 2 rings (SSSR count). The molecule has 0 aliphatic heterocycles. The highest BCUT2D eigenvalue weighted by Crippen LogP contribution is 2.23. The van der Waals surface area contributed by atoms with Gasteiger partial charge in [-0.3, -0.25) is 4.57 Å². The fraction of sp³-hybridized carbons (Fsp3) is 0.333. The molecule has 1 atom stereocenters. The summed E-state index contributed by atoms with van der Waals surface area (Å²) in [6.45, 7) is 2.10. The summed E-state index contributed by atoms with van der Waals surface area (Å²) in [4.78, 5) is 0. The van der Waals surface area contributed by atoms with Gasteiger partial charge in [0.05, 0.1) is 6.17 Å². The Labute approximate surface area is 106 Å². The van der Waals surface area contributed by atoms with Crippen LogP contribution in [0, 0.1) is 0 Å². The van der Waals surface area contributed by atoms with Gasteiger partial charge in [0.1, 0.15) is 0 Å². The minimum absolute atomic E-state index is 0.127. The average Bonchev–Trinajstić information content (AvgIpc) is 2.73. The molecule has 90 valence electrons. The second kappa shape index (κ2) is 5.33. The normalized spacial score (nSPS) is 12.6. The molecule has 1 unspecified atom stereocenters. The van der Waals surface area contributed by atoms with Gasteiger partial charge in [-0.1, -0.05) is 43.7 Å². The Balaban J connectivity index is 2.42. The van der Waals surface area contributed by atoms with E-state index in [1.54, 1.807) is 0 Å². The molecule has 5 heteroatoms. The molecular formula is C12H16N4S. The topological polar surface area (TPSA) is 56.7 Å². The molecule has 0 aliphatic carbocycles. The van der Waals surface area contributed by atoms with Gasteiger partial charge in [0, 0.05) is 5.56 Å². The summed E-state index contributed by atoms with van der Waals surface area (Å²) in [6.07, 6.45) is 1.77. The van der Waals surface area contributed by atoms with Gasteiger partial charge in [0.25, 0.3) is 0 Å². The summed E-state index contributed by atoms with van der Waals surface area (Å²) in [6, 6.07) is 9.90. The first-order chi connectivity index (χ1) is 8.24. The zero-order chi connectivity index (χ0) is 12.3. The highest BCUT2D eigenvalue weighted by Gasteiger charge is 2.16. The molecule has 2 N–H and O–H groups in total. The van der Waals surface area contributed by atoms with Crippen molar-refractivity contribution in [2.24, 2.45) is 5.73 Å². The fourth-order valence-electron chi connectivity index (χ4n) is 1.80. The van der Waals surface area contributed by atoms with Gasteiger partial charge in [0.15, 0.2) is 11.0 Å². The van der Waals surface area contributed by atoms with Crippen molar-refractivity contribution in [1.29, 1.82) is 0 Å². The molecular weight excluding hydrogens is 232 g/mol. The van der Waals surface area contributed by atoms with Crippen molar-refractivity contribution in [2.45, 2.75) is 31.1 Å². The minimum Gasteiger partial charge on any atom is -0.311 e. The Morgan fingerprint density at radius 1 is 1.29 bits per heavy atom. The zero-order valence-corrected chi connectivity index (χ0v) is 10.6. The highest BCUT2D eigenvalue weighted by molar-refractivity contribution is 7.80. The predicted molar refractivity (Wildman–Crippen MR) is 70.8 cm³/mol. The number of aromatic nitrogens is 3. The summed E-state index contributed by atoms with van der Waals surface area (Å²) >= 11 is 4.31. The van der Waals surface area contributed by atoms with Gasteiger partial charge >= 0.3 is 0 Å². The van der Waals surface area contributed by atoms with Gasteiger partial charge < -0.3 is 5.73 Å². The van der Waals surface area contributed by atoms with E-state index in [9.17, 15) is 0 Å². The molecule has 2 aromatic rings. The summed E-state index contributed by atoms with van der Waals surface area (Å²) in [5.41, 5.74) is 7.13. The van der Waals surface area contributed by atoms with E-state index in [1.165, 1.54) is 0 Å². The number of benzene rings is 1. The lowest BCUT2D eigenvalue weighted by Gasteiger charge is -2.15. The van der Waals surface area contributed by atoms with Crippen LogP contribution in [0.2, 0.25) is 0 Å². The van der Waals surface area contributed by atoms with E-state index < -0.39 is 0 Å². The second-order valence-electron chi connectivity index (χ2n) is 3.92. The maximum Gasteiger partial charge on any atom is 0.189 e. The Morgan fingerprint density at radius 3 is 2.65 bits per heavy atom. The van der Waals surface area contributed by atoms with E-state index in [0.717, 1.165) is 24.2 Å². The summed E-state index contributed by atoms with van der Waals surface area (Å²) < 4.78 is 1.88. The smallest absolute Gasteiger partial charge is 0.189 e. The summed E-state index contributed by atoms with van der Waals surface area (Å²) in [5.74, 6) is 0.775. The van der Waals surface area contributed by atoms with Gasteiger partial charge in [0.2, 0.25) is 0 Å². The lowest BCUT2D eigenvalue weighted by molar-refractivity contribution is 0.451. The van der Waals surface area contributed by atoms with Crippen LogP contribution in [0.4, 0.5) is 0 Å². The lowest BCUT2D eigenvalue weighted by Crippen LogP contribution is -2.19. The maximum atomic E-state index is 6.12. The molecule has 1 aromatic carbocycles. The van der Waals surface area contributed by atoms with Crippen LogP contribution in [-0.2, 0) is 0 Å². The highest BCUT2D eigenvalue weighted by atomic mass is 32.1. The largest absolute Gasteiger partial charge is 0.311 e. The van der Waals surface area contributed by atoms with Gasteiger partial charge in [-0.2, -0.15) is 0 Å². The van der Waals surface area contributed by atoms with E-state index in [2.05, 4.69) is 29.7 Å². The number of nitrogens with two attached hydrogens (primary N) is 1. The first-order valence-corrected chi connectivity index (χ1v) is 6.13. The van der Waals surface area contributed by atoms with Crippen LogP contribution in [0.3, 0.4) is 0 Å². The van der Waals surface area contributed by atoms with E-state index in [-0.39, 0.29) is 6.17 Å². The number of thiol groups is 1. The summed E-state index contributed by atoms with van der Waals surface area (Å²) in [7, 11) is 0. The monoisotopic (exact) mass is 248 g/mol. The third-order valence-corrected chi connectivity index (χ3v) is 2.93. The van der Waals surface area contributed by atoms with E-state index in [0.29, 0.717) is 5.16 Å². The molecule has 0 aliphatic rings. The number of hydrogen-bond donors (Lipinski definition) is 2. The molecule has 1 heterocycles. The SMILES string of the molecule is CCCC(N)n1c(S)nnc1-c1ccccc1. The van der Waals surface area contributed by atoms with Crippen LogP contribution in [-0.4, -0.2) is 14.8 Å². The third-order valence-electron chi connectivity index (χ3n) is 2.63. The average molecular weight is 248 g/mol. The molecule has 0 amide bonds. The molecule has 0 saturated heterocycles. The van der Waals surface area contributed by atoms with Crippen molar-refractivity contribution in [3.63, 3.8) is 0 Å². The molecule has 4 nitrogen and oxygen atoms in total. The van der Waals surface area contributed by atoms with E-state index in [4.69, 9.17) is 5.73 Å². The van der Waals surface area contributed by atoms with Crippen molar-refractivity contribution in [2.75, 3.05) is 0 Å². The van der Waals surface area contributed by atoms with Crippen molar-refractivity contribution >= 4 is 12.6 Å². The van der Waals surface area contributed by atoms with Crippen LogP contribution < -0.4 is 5.73 Å². The Hall–Kier alpha value is -1.33. The molecule has 0 radical (unpaired) electrons. The van der Waals surface area contributed by atoms with Crippen molar-refractivity contribution < 1.29 is 0 Å². The minimum atomic E-state index is -0.127. The molecule has 0 bridgehead atoms. The first kappa shape index (κ1) is 12.1. The van der Waals surface area contributed by atoms with Crippen molar-refractivity contribution in [3.8, 4) is 11.4 Å². The number of rotatable bonds is 4. The van der Waals surface area contributed by atoms with Crippen LogP contribution in [0.5, 0.6) is 0 Å². The second-order valence-corrected chi connectivity index (χ2v) is 4.32. The van der Waals surface area contributed by atoms with Gasteiger partial charge in [-0.15, -0.1) is 22.8 Å². The standard InChI is InChI=1S/C12H16N4S/c1-2-6-10(13)16-11(14-15-12(16)17)9-7-4-3-5-8-9/h3-5,7-8,10H,2,6,13H2,1H3,(H,15,17). The van der Waals surface area contributed by atoms with Crippen LogP contribution in [0.25, 0.3) is 11.4 Å². The molecule has 0 saturated carbocycles. The van der Waals surface area contributed by atoms with Crippen molar-refractivity contribution in [3.05, 3.63) is 30.3 Å². The number of nitrogens with zero attached hydrogens (tertiary/aromatic N) is 3. The third kappa shape index (κ3) is 2.50. The van der Waals surface area contributed by atoms with Gasteiger partial charge in [-0.05, 0) is 6.42 Å². The summed E-state index contributed by atoms with van der Waals surface area (Å²) in [5, 5.41) is 8.70. The fourth-order valence-corrected chi connectivity index (χ4v) is 2.09. The molecule has 0 spiro atoms. The molecule has 17 heavy (non-hydrogen) atoms. The number of hydrogen-bond acceptors (Lipinski definition) is 4. The Morgan fingerprint density at radius 2 is 2.00 bits per heavy atom. The van der Waals surface area contributed by atoms with Crippen LogP contribution >= 0.6 is 12.6 Å². The van der Waals surface area contributed by atoms with Crippen LogP contribution in [0.15, 0.2) is 35.5 Å². The quantitative estimate of drug-likeness (QED) is 0.817. The van der Waals surface area contributed by atoms with Gasteiger partial charge in [-0.25, -0.2) is 0 Å².